The Bertz CT molecular complexity index is 678. The summed E-state index contributed by atoms with van der Waals surface area (Å²) >= 11 is 5.85. The predicted octanol–water partition coefficient (Wildman–Crippen LogP) is 2.49. The van der Waals surface area contributed by atoms with Gasteiger partial charge in [-0.2, -0.15) is 0 Å². The summed E-state index contributed by atoms with van der Waals surface area (Å²) in [5.41, 5.74) is 0.106. The molecule has 0 amide bonds. The van der Waals surface area contributed by atoms with Gasteiger partial charge in [-0.05, 0) is 24.3 Å². The molecule has 7 heteroatoms. The zero-order chi connectivity index (χ0) is 15.5. The minimum absolute atomic E-state index is 0.0159. The van der Waals surface area contributed by atoms with E-state index in [0.29, 0.717) is 23.9 Å². The highest BCUT2D eigenvalue weighted by Crippen LogP contribution is 2.25. The summed E-state index contributed by atoms with van der Waals surface area (Å²) in [6.45, 7) is 1.27. The third-order valence-corrected chi connectivity index (χ3v) is 3.73. The Kier molecular flexibility index (Phi) is 4.11. The Morgan fingerprint density at radius 2 is 2.14 bits per heavy atom. The van der Waals surface area contributed by atoms with Gasteiger partial charge in [0.25, 0.3) is 0 Å². The fourth-order valence-electron chi connectivity index (χ4n) is 2.45. The van der Waals surface area contributed by atoms with E-state index in [1.165, 1.54) is 12.5 Å². The molecule has 0 bridgehead atoms. The lowest BCUT2D eigenvalue weighted by molar-refractivity contribution is 0.0696. The quantitative estimate of drug-likeness (QED) is 0.933. The van der Waals surface area contributed by atoms with Crippen molar-refractivity contribution in [1.82, 2.24) is 9.97 Å². The smallest absolute Gasteiger partial charge is 0.341 e. The van der Waals surface area contributed by atoms with E-state index in [0.717, 1.165) is 12.2 Å². The lowest BCUT2D eigenvalue weighted by Crippen LogP contribution is -2.27. The molecule has 2 heterocycles. The first-order valence-electron chi connectivity index (χ1n) is 6.84. The molecule has 1 unspecified atom stereocenters. The molecule has 1 fully saturated rings. The largest absolute Gasteiger partial charge is 0.489 e. The fraction of sp³-hybridized carbons (Fsp3) is 0.267. The van der Waals surface area contributed by atoms with Crippen molar-refractivity contribution >= 4 is 23.4 Å². The average molecular weight is 320 g/mol. The number of aromatic carboxylic acids is 1. The van der Waals surface area contributed by atoms with Gasteiger partial charge in [0, 0.05) is 24.2 Å². The summed E-state index contributed by atoms with van der Waals surface area (Å²) in [5.74, 6) is 0.153. The van der Waals surface area contributed by atoms with Gasteiger partial charge < -0.3 is 14.7 Å². The summed E-state index contributed by atoms with van der Waals surface area (Å²) in [6, 6.07) is 7.18. The SMILES string of the molecule is O=C(O)c1cncnc1N1CCC(Oc2ccc(Cl)cc2)C1. The number of carboxylic acid groups (broad SMARTS) is 1. The summed E-state index contributed by atoms with van der Waals surface area (Å²) in [7, 11) is 0. The molecule has 6 nitrogen and oxygen atoms in total. The molecule has 1 aromatic carbocycles. The Hall–Kier alpha value is -2.34. The van der Waals surface area contributed by atoms with Crippen molar-refractivity contribution in [1.29, 1.82) is 0 Å². The van der Waals surface area contributed by atoms with Crippen LogP contribution in [0.1, 0.15) is 16.8 Å². The highest BCUT2D eigenvalue weighted by molar-refractivity contribution is 6.30. The van der Waals surface area contributed by atoms with Gasteiger partial charge in [-0.3, -0.25) is 0 Å². The van der Waals surface area contributed by atoms with Crippen molar-refractivity contribution in [2.24, 2.45) is 0 Å². The second-order valence-corrected chi connectivity index (χ2v) is 5.43. The van der Waals surface area contributed by atoms with Crippen LogP contribution in [0.25, 0.3) is 0 Å². The summed E-state index contributed by atoms with van der Waals surface area (Å²) in [4.78, 5) is 21.0. The molecule has 1 atom stereocenters. The number of hydrogen-bond acceptors (Lipinski definition) is 5. The van der Waals surface area contributed by atoms with E-state index < -0.39 is 5.97 Å². The number of benzene rings is 1. The minimum Gasteiger partial charge on any atom is -0.489 e. The van der Waals surface area contributed by atoms with Gasteiger partial charge in [0.15, 0.2) is 0 Å². The zero-order valence-electron chi connectivity index (χ0n) is 11.6. The number of halogens is 1. The first-order chi connectivity index (χ1) is 10.6. The van der Waals surface area contributed by atoms with Crippen LogP contribution in [0.4, 0.5) is 5.82 Å². The van der Waals surface area contributed by atoms with Gasteiger partial charge in [-0.15, -0.1) is 0 Å². The zero-order valence-corrected chi connectivity index (χ0v) is 12.4. The van der Waals surface area contributed by atoms with Crippen molar-refractivity contribution in [3.05, 3.63) is 47.4 Å². The van der Waals surface area contributed by atoms with Crippen molar-refractivity contribution in [3.8, 4) is 5.75 Å². The molecule has 1 aromatic heterocycles. The van der Waals surface area contributed by atoms with E-state index in [4.69, 9.17) is 16.3 Å². The maximum Gasteiger partial charge on any atom is 0.341 e. The Labute approximate surface area is 132 Å². The van der Waals surface area contributed by atoms with Crippen molar-refractivity contribution in [2.75, 3.05) is 18.0 Å². The van der Waals surface area contributed by atoms with Gasteiger partial charge >= 0.3 is 5.97 Å². The van der Waals surface area contributed by atoms with E-state index >= 15 is 0 Å². The summed E-state index contributed by atoms with van der Waals surface area (Å²) in [5, 5.41) is 9.86. The number of nitrogens with zero attached hydrogens (tertiary/aromatic N) is 3. The molecule has 114 valence electrons. The Morgan fingerprint density at radius 1 is 1.36 bits per heavy atom. The molecular weight excluding hydrogens is 306 g/mol. The molecule has 2 aromatic rings. The van der Waals surface area contributed by atoms with E-state index in [2.05, 4.69) is 9.97 Å². The number of aromatic nitrogens is 2. The summed E-state index contributed by atoms with van der Waals surface area (Å²) in [6.07, 6.45) is 3.46. The molecule has 1 aliphatic rings. The van der Waals surface area contributed by atoms with Crippen LogP contribution in [0.2, 0.25) is 5.02 Å². The number of carboxylic acids is 1. The van der Waals surface area contributed by atoms with Crippen molar-refractivity contribution < 1.29 is 14.6 Å². The number of ether oxygens (including phenoxy) is 1. The first-order valence-corrected chi connectivity index (χ1v) is 7.22. The number of carbonyl (C=O) groups is 1. The van der Waals surface area contributed by atoms with E-state index in [9.17, 15) is 9.90 Å². The van der Waals surface area contributed by atoms with Crippen LogP contribution in [0, 0.1) is 0 Å². The molecule has 0 aliphatic carbocycles. The van der Waals surface area contributed by atoms with E-state index in [-0.39, 0.29) is 11.7 Å². The Balaban J connectivity index is 1.70. The second-order valence-electron chi connectivity index (χ2n) is 4.99. The van der Waals surface area contributed by atoms with E-state index in [1.54, 1.807) is 12.1 Å². The molecule has 1 aliphatic heterocycles. The van der Waals surface area contributed by atoms with Crippen LogP contribution >= 0.6 is 11.6 Å². The predicted molar refractivity (Wildman–Crippen MR) is 81.7 cm³/mol. The van der Waals surface area contributed by atoms with Crippen LogP contribution < -0.4 is 9.64 Å². The molecule has 0 radical (unpaired) electrons. The molecule has 0 saturated carbocycles. The van der Waals surface area contributed by atoms with Crippen LogP contribution in [0.5, 0.6) is 5.75 Å². The Morgan fingerprint density at radius 3 is 2.86 bits per heavy atom. The third kappa shape index (κ3) is 3.12. The molecule has 1 saturated heterocycles. The highest BCUT2D eigenvalue weighted by atomic mass is 35.5. The number of rotatable bonds is 4. The monoisotopic (exact) mass is 319 g/mol. The lowest BCUT2D eigenvalue weighted by Gasteiger charge is -2.19. The van der Waals surface area contributed by atoms with Gasteiger partial charge in [0.1, 0.15) is 29.6 Å². The molecule has 0 spiro atoms. The van der Waals surface area contributed by atoms with Gasteiger partial charge in [0.2, 0.25) is 0 Å². The van der Waals surface area contributed by atoms with E-state index in [1.807, 2.05) is 17.0 Å². The normalized spacial score (nSPS) is 17.5. The van der Waals surface area contributed by atoms with Crippen LogP contribution in [-0.4, -0.2) is 40.2 Å². The second kappa shape index (κ2) is 6.19. The highest BCUT2D eigenvalue weighted by Gasteiger charge is 2.28. The van der Waals surface area contributed by atoms with Crippen LogP contribution in [-0.2, 0) is 0 Å². The number of hydrogen-bond donors (Lipinski definition) is 1. The fourth-order valence-corrected chi connectivity index (χ4v) is 2.57. The maximum atomic E-state index is 11.2. The van der Waals surface area contributed by atoms with Crippen LogP contribution in [0.3, 0.4) is 0 Å². The maximum absolute atomic E-state index is 11.2. The minimum atomic E-state index is -1.03. The summed E-state index contributed by atoms with van der Waals surface area (Å²) < 4.78 is 5.89. The number of anilines is 1. The van der Waals surface area contributed by atoms with Crippen LogP contribution in [0.15, 0.2) is 36.8 Å². The molecule has 22 heavy (non-hydrogen) atoms. The third-order valence-electron chi connectivity index (χ3n) is 3.48. The molecule has 3 rings (SSSR count). The lowest BCUT2D eigenvalue weighted by atomic mass is 10.3. The first kappa shape index (κ1) is 14.6. The van der Waals surface area contributed by atoms with Gasteiger partial charge in [0.05, 0.1) is 6.54 Å². The van der Waals surface area contributed by atoms with Gasteiger partial charge in [-0.25, -0.2) is 14.8 Å². The molecule has 1 N–H and O–H groups in total. The molecular formula is C15H14ClN3O3. The van der Waals surface area contributed by atoms with Crippen molar-refractivity contribution in [3.63, 3.8) is 0 Å². The van der Waals surface area contributed by atoms with Crippen molar-refractivity contribution in [2.45, 2.75) is 12.5 Å². The van der Waals surface area contributed by atoms with Gasteiger partial charge in [-0.1, -0.05) is 11.6 Å². The average Bonchev–Trinajstić information content (AvgIpc) is 2.98. The topological polar surface area (TPSA) is 75.5 Å². The standard InChI is InChI=1S/C15H14ClN3O3/c16-10-1-3-11(4-2-10)22-12-5-6-19(8-12)14-13(15(20)21)7-17-9-18-14/h1-4,7,9,12H,5-6,8H2,(H,20,21).